The molecule has 0 saturated carbocycles. The molecule has 1 aliphatic heterocycles. The van der Waals surface area contributed by atoms with Crippen LogP contribution in [0, 0.1) is 10.1 Å². The van der Waals surface area contributed by atoms with Gasteiger partial charge in [-0.2, -0.15) is 0 Å². The van der Waals surface area contributed by atoms with Crippen LogP contribution in [0.1, 0.15) is 10.4 Å². The second-order valence-corrected chi connectivity index (χ2v) is 4.42. The summed E-state index contributed by atoms with van der Waals surface area (Å²) in [6.07, 6.45) is 0. The van der Waals surface area contributed by atoms with Crippen LogP contribution in [0.4, 0.5) is 5.69 Å². The van der Waals surface area contributed by atoms with E-state index in [1.54, 1.807) is 5.06 Å². The van der Waals surface area contributed by atoms with Crippen molar-refractivity contribution in [2.24, 2.45) is 0 Å². The van der Waals surface area contributed by atoms with E-state index in [1.165, 1.54) is 24.3 Å². The first-order valence-electron chi connectivity index (χ1n) is 5.96. The largest absolute Gasteiger partial charge is 0.364 e. The van der Waals surface area contributed by atoms with E-state index >= 15 is 0 Å². The molecular formula is C12H15N3O4. The molecule has 0 radical (unpaired) electrons. The van der Waals surface area contributed by atoms with Crippen LogP contribution >= 0.6 is 0 Å². The Hall–Kier alpha value is -1.99. The molecule has 1 aliphatic rings. The molecule has 0 spiro atoms. The van der Waals surface area contributed by atoms with Crippen molar-refractivity contribution in [2.45, 2.75) is 0 Å². The molecule has 0 N–H and O–H groups in total. The van der Waals surface area contributed by atoms with E-state index in [4.69, 9.17) is 4.84 Å². The van der Waals surface area contributed by atoms with Crippen LogP contribution in [0.2, 0.25) is 0 Å². The number of likely N-dealkylation sites (N-methyl/N-ethyl adjacent to an activating group) is 1. The van der Waals surface area contributed by atoms with Crippen LogP contribution in [0.5, 0.6) is 0 Å². The van der Waals surface area contributed by atoms with Crippen molar-refractivity contribution < 1.29 is 14.6 Å². The molecule has 0 aromatic heterocycles. The van der Waals surface area contributed by atoms with Crippen molar-refractivity contribution in [1.29, 1.82) is 0 Å². The lowest BCUT2D eigenvalue weighted by Crippen LogP contribution is -2.45. The van der Waals surface area contributed by atoms with E-state index in [0.29, 0.717) is 18.7 Å². The van der Waals surface area contributed by atoms with Gasteiger partial charge in [0.15, 0.2) is 0 Å². The zero-order chi connectivity index (χ0) is 13.8. The third kappa shape index (κ3) is 3.49. The summed E-state index contributed by atoms with van der Waals surface area (Å²) < 4.78 is 0. The second kappa shape index (κ2) is 5.77. The summed E-state index contributed by atoms with van der Waals surface area (Å²) in [4.78, 5) is 29.2. The standard InChI is InChI=1S/C12H15N3O4/c1-13-6-8-14(9-7-13)19-12(16)10-2-4-11(5-3-10)15(17)18/h2-5H,6-9H2,1H3. The Kier molecular flexibility index (Phi) is 4.08. The van der Waals surface area contributed by atoms with Crippen LogP contribution in [0.15, 0.2) is 24.3 Å². The summed E-state index contributed by atoms with van der Waals surface area (Å²) in [5.74, 6) is -0.487. The zero-order valence-electron chi connectivity index (χ0n) is 10.6. The minimum Gasteiger partial charge on any atom is -0.364 e. The first kappa shape index (κ1) is 13.4. The lowest BCUT2D eigenvalue weighted by atomic mass is 10.2. The molecule has 19 heavy (non-hydrogen) atoms. The fraction of sp³-hybridized carbons (Fsp3) is 0.417. The SMILES string of the molecule is CN1CCN(OC(=O)c2ccc([N+](=O)[O-])cc2)CC1. The number of carbonyl (C=O) groups excluding carboxylic acids is 1. The molecule has 1 fully saturated rings. The van der Waals surface area contributed by atoms with E-state index in [2.05, 4.69) is 4.90 Å². The highest BCUT2D eigenvalue weighted by Crippen LogP contribution is 2.13. The van der Waals surface area contributed by atoms with Crippen molar-refractivity contribution >= 4 is 11.7 Å². The van der Waals surface area contributed by atoms with E-state index in [1.807, 2.05) is 7.05 Å². The summed E-state index contributed by atoms with van der Waals surface area (Å²) >= 11 is 0. The second-order valence-electron chi connectivity index (χ2n) is 4.42. The van der Waals surface area contributed by atoms with Gasteiger partial charge in [-0.25, -0.2) is 4.79 Å². The van der Waals surface area contributed by atoms with Gasteiger partial charge in [0.2, 0.25) is 0 Å². The number of benzene rings is 1. The molecule has 0 aliphatic carbocycles. The van der Waals surface area contributed by atoms with Crippen LogP contribution in [-0.4, -0.2) is 54.1 Å². The van der Waals surface area contributed by atoms with Gasteiger partial charge < -0.3 is 9.74 Å². The number of nitrogens with zero attached hydrogens (tertiary/aromatic N) is 3. The Morgan fingerprint density at radius 3 is 2.32 bits per heavy atom. The average Bonchev–Trinajstić information content (AvgIpc) is 2.41. The van der Waals surface area contributed by atoms with Gasteiger partial charge in [0.05, 0.1) is 10.5 Å². The first-order chi connectivity index (χ1) is 9.06. The number of hydrogen-bond donors (Lipinski definition) is 0. The Bertz CT molecular complexity index is 466. The fourth-order valence-corrected chi connectivity index (χ4v) is 1.77. The van der Waals surface area contributed by atoms with Crippen LogP contribution in [0.3, 0.4) is 0 Å². The molecule has 7 heteroatoms. The molecule has 1 aromatic rings. The Balaban J connectivity index is 1.94. The predicted molar refractivity (Wildman–Crippen MR) is 67.6 cm³/mol. The third-order valence-corrected chi connectivity index (χ3v) is 2.99. The zero-order valence-corrected chi connectivity index (χ0v) is 10.6. The molecule has 0 amide bonds. The van der Waals surface area contributed by atoms with Crippen molar-refractivity contribution in [3.05, 3.63) is 39.9 Å². The van der Waals surface area contributed by atoms with E-state index in [-0.39, 0.29) is 5.69 Å². The smallest absolute Gasteiger partial charge is 0.357 e. The minimum atomic E-state index is -0.504. The van der Waals surface area contributed by atoms with E-state index in [0.717, 1.165) is 13.1 Å². The highest BCUT2D eigenvalue weighted by Gasteiger charge is 2.19. The van der Waals surface area contributed by atoms with Gasteiger partial charge in [-0.1, -0.05) is 0 Å². The summed E-state index contributed by atoms with van der Waals surface area (Å²) in [7, 11) is 2.01. The third-order valence-electron chi connectivity index (χ3n) is 2.99. The molecule has 102 valence electrons. The molecule has 2 rings (SSSR count). The monoisotopic (exact) mass is 265 g/mol. The number of non-ortho nitro benzene ring substituents is 1. The number of nitro benzene ring substituents is 1. The molecule has 1 aromatic carbocycles. The van der Waals surface area contributed by atoms with Gasteiger partial charge in [-0.3, -0.25) is 10.1 Å². The molecule has 1 saturated heterocycles. The van der Waals surface area contributed by atoms with Crippen LogP contribution in [-0.2, 0) is 4.84 Å². The maximum atomic E-state index is 11.8. The van der Waals surface area contributed by atoms with Crippen molar-refractivity contribution in [1.82, 2.24) is 9.96 Å². The van der Waals surface area contributed by atoms with E-state index in [9.17, 15) is 14.9 Å². The highest BCUT2D eigenvalue weighted by atomic mass is 16.7. The number of nitro groups is 1. The highest BCUT2D eigenvalue weighted by molar-refractivity contribution is 5.89. The number of hydrogen-bond acceptors (Lipinski definition) is 6. The quantitative estimate of drug-likeness (QED) is 0.597. The molecule has 7 nitrogen and oxygen atoms in total. The molecule has 0 bridgehead atoms. The lowest BCUT2D eigenvalue weighted by Gasteiger charge is -2.30. The molecule has 1 heterocycles. The maximum Gasteiger partial charge on any atom is 0.357 e. The van der Waals surface area contributed by atoms with Gasteiger partial charge in [0.25, 0.3) is 5.69 Å². The average molecular weight is 265 g/mol. The summed E-state index contributed by atoms with van der Waals surface area (Å²) in [6, 6.07) is 5.38. The van der Waals surface area contributed by atoms with Crippen molar-refractivity contribution in [3.8, 4) is 0 Å². The number of hydroxylamine groups is 2. The molecule has 0 atom stereocenters. The van der Waals surface area contributed by atoms with E-state index < -0.39 is 10.9 Å². The predicted octanol–water partition coefficient (Wildman–Crippen LogP) is 0.914. The van der Waals surface area contributed by atoms with Crippen LogP contribution in [0.25, 0.3) is 0 Å². The minimum absolute atomic E-state index is 0.0452. The topological polar surface area (TPSA) is 75.9 Å². The summed E-state index contributed by atoms with van der Waals surface area (Å²) in [6.45, 7) is 3.01. The van der Waals surface area contributed by atoms with Crippen LogP contribution < -0.4 is 0 Å². The van der Waals surface area contributed by atoms with Gasteiger partial charge in [0, 0.05) is 38.3 Å². The van der Waals surface area contributed by atoms with Crippen molar-refractivity contribution in [2.75, 3.05) is 33.2 Å². The Morgan fingerprint density at radius 1 is 1.21 bits per heavy atom. The fourth-order valence-electron chi connectivity index (χ4n) is 1.77. The van der Waals surface area contributed by atoms with Crippen molar-refractivity contribution in [3.63, 3.8) is 0 Å². The molecule has 0 unspecified atom stereocenters. The van der Waals surface area contributed by atoms with Gasteiger partial charge >= 0.3 is 5.97 Å². The van der Waals surface area contributed by atoms with Gasteiger partial charge in [-0.05, 0) is 19.2 Å². The summed E-state index contributed by atoms with van der Waals surface area (Å²) in [5.41, 5.74) is 0.265. The number of carbonyl (C=O) groups is 1. The normalized spacial score (nSPS) is 17.1. The molecular weight excluding hydrogens is 250 g/mol. The lowest BCUT2D eigenvalue weighted by molar-refractivity contribution is -0.384. The Labute approximate surface area is 110 Å². The maximum absolute atomic E-state index is 11.8. The first-order valence-corrected chi connectivity index (χ1v) is 5.96. The summed E-state index contributed by atoms with van der Waals surface area (Å²) in [5, 5.41) is 12.1. The van der Waals surface area contributed by atoms with Gasteiger partial charge in [-0.15, -0.1) is 5.06 Å². The van der Waals surface area contributed by atoms with Gasteiger partial charge in [0.1, 0.15) is 0 Å². The Morgan fingerprint density at radius 2 is 1.79 bits per heavy atom. The number of rotatable bonds is 3. The number of piperazine rings is 1.